The lowest BCUT2D eigenvalue weighted by molar-refractivity contribution is -0.394. The molecule has 13 nitrogen and oxygen atoms in total. The Morgan fingerprint density at radius 2 is 1.79 bits per heavy atom. The lowest BCUT2D eigenvalue weighted by atomic mass is 10.2. The maximum atomic E-state index is 12.0. The van der Waals surface area contributed by atoms with Gasteiger partial charge in [0.15, 0.2) is 0 Å². The molecule has 0 bridgehead atoms. The van der Waals surface area contributed by atoms with Gasteiger partial charge in [0.05, 0.1) is 32.6 Å². The molecular formula is C15H14N6O7S. The Morgan fingerprint density at radius 3 is 2.38 bits per heavy atom. The van der Waals surface area contributed by atoms with Crippen molar-refractivity contribution in [3.8, 4) is 0 Å². The Bertz CT molecular complexity index is 1100. The number of rotatable bonds is 7. The van der Waals surface area contributed by atoms with Gasteiger partial charge < -0.3 is 5.73 Å². The highest BCUT2D eigenvalue weighted by Gasteiger charge is 2.18. The van der Waals surface area contributed by atoms with Crippen LogP contribution < -0.4 is 11.2 Å². The van der Waals surface area contributed by atoms with E-state index in [-0.39, 0.29) is 10.5 Å². The summed E-state index contributed by atoms with van der Waals surface area (Å²) in [7, 11) is -4.16. The van der Waals surface area contributed by atoms with E-state index in [2.05, 4.69) is 14.5 Å². The fourth-order valence-electron chi connectivity index (χ4n) is 1.94. The van der Waals surface area contributed by atoms with E-state index in [1.54, 1.807) is 19.1 Å². The minimum atomic E-state index is -4.16. The molecule has 14 heteroatoms. The van der Waals surface area contributed by atoms with Crippen LogP contribution in [-0.4, -0.2) is 30.4 Å². The molecule has 0 aromatic heterocycles. The third-order valence-electron chi connectivity index (χ3n) is 3.35. The van der Waals surface area contributed by atoms with E-state index in [1.807, 2.05) is 5.48 Å². The molecule has 0 heterocycles. The van der Waals surface area contributed by atoms with Crippen molar-refractivity contribution in [1.82, 2.24) is 5.48 Å². The molecule has 2 aromatic rings. The van der Waals surface area contributed by atoms with E-state index in [0.717, 1.165) is 30.0 Å². The molecule has 3 N–H and O–H groups in total. The highest BCUT2D eigenvalue weighted by atomic mass is 32.2. The molecule has 0 saturated heterocycles. The maximum absolute atomic E-state index is 12.0. The maximum Gasteiger partial charge on any atom is 0.317 e. The van der Waals surface area contributed by atoms with Crippen molar-refractivity contribution in [2.24, 2.45) is 15.9 Å². The van der Waals surface area contributed by atoms with Crippen LogP contribution in [0.3, 0.4) is 0 Å². The number of hydrogen-bond donors (Lipinski definition) is 2. The van der Waals surface area contributed by atoms with Crippen LogP contribution in [0.4, 0.5) is 11.4 Å². The molecule has 0 spiro atoms. The number of nitrogens with one attached hydrogen (secondary N) is 1. The van der Waals surface area contributed by atoms with Crippen LogP contribution in [0.5, 0.6) is 0 Å². The summed E-state index contributed by atoms with van der Waals surface area (Å²) in [4.78, 5) is 20.0. The van der Waals surface area contributed by atoms with Gasteiger partial charge in [0.2, 0.25) is 5.96 Å². The summed E-state index contributed by atoms with van der Waals surface area (Å²) in [6.45, 7) is 1.79. The molecule has 0 atom stereocenters. The number of aryl methyl sites for hydroxylation is 1. The van der Waals surface area contributed by atoms with Crippen LogP contribution in [0.1, 0.15) is 11.1 Å². The molecule has 0 amide bonds. The second kappa shape index (κ2) is 8.85. The van der Waals surface area contributed by atoms with Crippen LogP contribution in [0.15, 0.2) is 57.6 Å². The monoisotopic (exact) mass is 422 g/mol. The summed E-state index contributed by atoms with van der Waals surface area (Å²) in [6, 6.07) is 8.76. The van der Waals surface area contributed by atoms with E-state index in [0.29, 0.717) is 0 Å². The van der Waals surface area contributed by atoms with E-state index >= 15 is 0 Å². The van der Waals surface area contributed by atoms with E-state index in [9.17, 15) is 28.6 Å². The van der Waals surface area contributed by atoms with Crippen LogP contribution in [-0.2, 0) is 14.4 Å². The average Bonchev–Trinajstić information content (AvgIpc) is 2.66. The summed E-state index contributed by atoms with van der Waals surface area (Å²) >= 11 is 0. The summed E-state index contributed by atoms with van der Waals surface area (Å²) in [5, 5.41) is 28.6. The number of nitrogens with two attached hydrogens (primary N) is 1. The van der Waals surface area contributed by atoms with Crippen molar-refractivity contribution >= 4 is 33.7 Å². The van der Waals surface area contributed by atoms with E-state index in [1.165, 1.54) is 12.1 Å². The molecule has 0 aliphatic carbocycles. The fraction of sp³-hybridized carbons (Fsp3) is 0.0667. The second-order valence-corrected chi connectivity index (χ2v) is 6.99. The normalized spacial score (nSPS) is 12.1. The van der Waals surface area contributed by atoms with Crippen molar-refractivity contribution in [3.63, 3.8) is 0 Å². The fourth-order valence-corrected chi connectivity index (χ4v) is 2.70. The Labute approximate surface area is 163 Å². The first kappa shape index (κ1) is 21.4. The predicted molar refractivity (Wildman–Crippen MR) is 102 cm³/mol. The quantitative estimate of drug-likeness (QED) is 0.287. The third kappa shape index (κ3) is 5.78. The lowest BCUT2D eigenvalue weighted by Gasteiger charge is -2.06. The van der Waals surface area contributed by atoms with Crippen molar-refractivity contribution in [3.05, 3.63) is 73.8 Å². The van der Waals surface area contributed by atoms with Crippen LogP contribution in [0.2, 0.25) is 0 Å². The van der Waals surface area contributed by atoms with Crippen molar-refractivity contribution < 1.29 is 22.5 Å². The molecule has 0 fully saturated rings. The number of nitrogens with zero attached hydrogens (tertiary/aromatic N) is 4. The van der Waals surface area contributed by atoms with Crippen molar-refractivity contribution in [1.29, 1.82) is 0 Å². The summed E-state index contributed by atoms with van der Waals surface area (Å²) in [5.41, 5.74) is 7.05. The molecular weight excluding hydrogens is 408 g/mol. The highest BCUT2D eigenvalue weighted by molar-refractivity contribution is 7.86. The minimum absolute atomic E-state index is 0.0784. The Kier molecular flexibility index (Phi) is 6.53. The molecule has 0 aliphatic rings. The zero-order valence-electron chi connectivity index (χ0n) is 14.8. The lowest BCUT2D eigenvalue weighted by Crippen LogP contribution is -2.33. The number of non-ortho nitro benzene ring substituents is 1. The van der Waals surface area contributed by atoms with Gasteiger partial charge in [-0.1, -0.05) is 17.7 Å². The summed E-state index contributed by atoms with van der Waals surface area (Å²) in [6.07, 6.45) is 0.921. The van der Waals surface area contributed by atoms with Crippen molar-refractivity contribution in [2.45, 2.75) is 11.8 Å². The molecule has 0 unspecified atom stereocenters. The predicted octanol–water partition coefficient (Wildman–Crippen LogP) is 1.37. The average molecular weight is 422 g/mol. The summed E-state index contributed by atoms with van der Waals surface area (Å²) in [5.74, 6) is -0.554. The number of nitro benzene ring substituents is 2. The van der Waals surface area contributed by atoms with Crippen LogP contribution >= 0.6 is 0 Å². The Morgan fingerprint density at radius 1 is 1.14 bits per heavy atom. The first-order chi connectivity index (χ1) is 13.6. The first-order valence-corrected chi connectivity index (χ1v) is 9.06. The molecule has 0 saturated carbocycles. The molecule has 0 aliphatic heterocycles. The summed E-state index contributed by atoms with van der Waals surface area (Å²) < 4.78 is 28.5. The number of hydroxylamine groups is 1. The number of benzene rings is 2. The smallest absolute Gasteiger partial charge is 0.317 e. The largest absolute Gasteiger partial charge is 0.367 e. The number of guanidine groups is 1. The number of hydrogen-bond acceptors (Lipinski definition) is 9. The molecule has 0 radical (unpaired) electrons. The SMILES string of the molecule is Cc1ccc(S(=O)(=O)ONC(N)=NN=Cc2ccc([N+](=O)[O-])cc2[N+](=O)[O-])cc1. The number of nitro groups is 2. The van der Waals surface area contributed by atoms with Crippen LogP contribution in [0.25, 0.3) is 0 Å². The molecule has 152 valence electrons. The van der Waals surface area contributed by atoms with Gasteiger partial charge >= 0.3 is 10.1 Å². The van der Waals surface area contributed by atoms with Gasteiger partial charge in [-0.25, -0.2) is 5.48 Å². The van der Waals surface area contributed by atoms with E-state index in [4.69, 9.17) is 5.73 Å². The van der Waals surface area contributed by atoms with Gasteiger partial charge in [-0.2, -0.15) is 13.5 Å². The van der Waals surface area contributed by atoms with Gasteiger partial charge in [-0.3, -0.25) is 20.2 Å². The molecule has 2 rings (SSSR count). The van der Waals surface area contributed by atoms with Crippen molar-refractivity contribution in [2.75, 3.05) is 0 Å². The zero-order chi connectivity index (χ0) is 21.6. The highest BCUT2D eigenvalue weighted by Crippen LogP contribution is 2.23. The van der Waals surface area contributed by atoms with Gasteiger partial charge in [-0.05, 0) is 25.1 Å². The second-order valence-electron chi connectivity index (χ2n) is 5.44. The van der Waals surface area contributed by atoms with Gasteiger partial charge in [0, 0.05) is 6.07 Å². The Balaban J connectivity index is 2.09. The van der Waals surface area contributed by atoms with Crippen LogP contribution in [0, 0.1) is 27.2 Å². The molecule has 29 heavy (non-hydrogen) atoms. The standard InChI is InChI=1S/C15H14N6O7S/c1-10-2-6-13(7-3-10)29(26,27)28-19-15(16)18-17-9-11-4-5-12(20(22)23)8-14(11)21(24)25/h2-9H,1H3,(H3,16,18,19). The van der Waals surface area contributed by atoms with Gasteiger partial charge in [0.25, 0.3) is 11.4 Å². The molecule has 2 aromatic carbocycles. The van der Waals surface area contributed by atoms with Gasteiger partial charge in [0.1, 0.15) is 0 Å². The Hall–Kier alpha value is -3.91. The minimum Gasteiger partial charge on any atom is -0.367 e. The topological polar surface area (TPSA) is 192 Å². The van der Waals surface area contributed by atoms with Gasteiger partial charge in [-0.15, -0.1) is 9.39 Å². The first-order valence-electron chi connectivity index (χ1n) is 7.65. The third-order valence-corrected chi connectivity index (χ3v) is 4.50. The van der Waals surface area contributed by atoms with E-state index < -0.39 is 37.3 Å². The zero-order valence-corrected chi connectivity index (χ0v) is 15.6.